The van der Waals surface area contributed by atoms with Crippen LogP contribution in [0.2, 0.25) is 0 Å². The number of hydrogen-bond acceptors (Lipinski definition) is 4. The zero-order valence-electron chi connectivity index (χ0n) is 72.1. The highest BCUT2D eigenvalue weighted by molar-refractivity contribution is 7.28. The topological polar surface area (TPSA) is 0 Å². The minimum Gasteiger partial charge on any atom is -0.135 e. The third-order valence-corrected chi connectivity index (χ3v) is 32.1. The molecule has 4 heterocycles. The lowest BCUT2D eigenvalue weighted by Crippen LogP contribution is -1.96. The Kier molecular flexibility index (Phi) is 18.2. The highest BCUT2D eigenvalue weighted by Gasteiger charge is 2.30. The highest BCUT2D eigenvalue weighted by atomic mass is 32.1. The van der Waals surface area contributed by atoms with Crippen molar-refractivity contribution in [2.45, 2.75) is 108 Å². The summed E-state index contributed by atoms with van der Waals surface area (Å²) in [6.07, 6.45) is 1.95. The molecule has 0 saturated carbocycles. The zero-order valence-corrected chi connectivity index (χ0v) is 75.3. The van der Waals surface area contributed by atoms with Gasteiger partial charge in [-0.05, 0) is 328 Å². The maximum atomic E-state index is 2.60. The van der Waals surface area contributed by atoms with Gasteiger partial charge >= 0.3 is 0 Å². The van der Waals surface area contributed by atoms with Crippen molar-refractivity contribution in [1.29, 1.82) is 0 Å². The maximum absolute atomic E-state index is 2.60. The monoisotopic (exact) mass is 1660 g/mol. The van der Waals surface area contributed by atoms with Crippen LogP contribution in [0.5, 0.6) is 0 Å². The van der Waals surface area contributed by atoms with Crippen LogP contribution in [0, 0.1) is 41.5 Å². The van der Waals surface area contributed by atoms with E-state index in [0.29, 0.717) is 11.8 Å². The number of hydrogen-bond donors (Lipinski definition) is 0. The summed E-state index contributed by atoms with van der Waals surface area (Å²) >= 11 is 7.88. The van der Waals surface area contributed by atoms with Crippen molar-refractivity contribution in [2.24, 2.45) is 0 Å². The first kappa shape index (κ1) is 76.3. The van der Waals surface area contributed by atoms with Crippen molar-refractivity contribution in [3.8, 4) is 89.0 Å². The molecule has 24 aromatic rings. The molecule has 0 aliphatic rings. The number of fused-ring (bicyclic) bond motifs is 16. The van der Waals surface area contributed by atoms with Gasteiger partial charge in [-0.25, -0.2) is 0 Å². The average Bonchev–Trinajstić information content (AvgIpc) is 1.42. The Morgan fingerprint density at radius 2 is 0.500 bits per heavy atom. The fraction of sp³-hybridized carbons (Fsp3) is 0.133. The van der Waals surface area contributed by atoms with Crippen molar-refractivity contribution in [1.82, 2.24) is 0 Å². The zero-order chi connectivity index (χ0) is 83.9. The van der Waals surface area contributed by atoms with Gasteiger partial charge in [0.25, 0.3) is 0 Å². The molecule has 0 N–H and O–H groups in total. The lowest BCUT2D eigenvalue weighted by Gasteiger charge is -2.22. The van der Waals surface area contributed by atoms with Crippen LogP contribution in [0.3, 0.4) is 0 Å². The molecule has 124 heavy (non-hydrogen) atoms. The van der Waals surface area contributed by atoms with Crippen LogP contribution in [0.1, 0.15) is 109 Å². The fourth-order valence-electron chi connectivity index (χ4n) is 21.8. The molecule has 0 amide bonds. The predicted molar refractivity (Wildman–Crippen MR) is 551 cm³/mol. The highest BCUT2D eigenvalue weighted by Crippen LogP contribution is 2.58. The van der Waals surface area contributed by atoms with Gasteiger partial charge in [0.15, 0.2) is 0 Å². The molecule has 0 atom stereocenters. The normalized spacial score (nSPS) is 12.2. The summed E-state index contributed by atoms with van der Waals surface area (Å²) in [6.45, 7) is 27.6. The van der Waals surface area contributed by atoms with Gasteiger partial charge in [0, 0.05) is 102 Å². The first-order chi connectivity index (χ1) is 60.5. The SMILES string of the molecule is CCc1ccccc1-c1cc2c3sc4cc(-c5ccccc5)c(C(C)C)cc4c3cc3c(-c4ccccc4CC)cc4c5sc6cc(-c7ccccc7)c(C(C)C)cc6c5cc1c4c32.Cc1cc(C)c(-c2cc3c4sc5cc(-c6ccccc6)ccc5c4cc4c(-c5c(C)cc(C)cc5C)cc5c6sc7cc(-c8ccccc8)ccc7c6cc2c5c43)c(C)c1. The summed E-state index contributed by atoms with van der Waals surface area (Å²) in [5.41, 5.74) is 34.5. The van der Waals surface area contributed by atoms with Gasteiger partial charge < -0.3 is 0 Å². The fourth-order valence-corrected chi connectivity index (χ4v) is 26.7. The molecular weight excluding hydrogens is 1570 g/mol. The van der Waals surface area contributed by atoms with Gasteiger partial charge in [0.2, 0.25) is 0 Å². The Hall–Kier alpha value is -12.6. The Bertz CT molecular complexity index is 7990. The molecule has 0 fully saturated rings. The molecule has 0 saturated heterocycles. The third-order valence-electron chi connectivity index (χ3n) is 27.3. The van der Waals surface area contributed by atoms with Crippen LogP contribution < -0.4 is 0 Å². The van der Waals surface area contributed by atoms with Gasteiger partial charge in [-0.1, -0.05) is 271 Å². The number of thiophene rings is 4. The lowest BCUT2D eigenvalue weighted by molar-refractivity contribution is 0.871. The molecule has 0 nitrogen and oxygen atoms in total. The molecule has 0 unspecified atom stereocenters. The quantitative estimate of drug-likeness (QED) is 0.107. The number of aryl methyl sites for hydroxylation is 8. The second-order valence-electron chi connectivity index (χ2n) is 35.6. The van der Waals surface area contributed by atoms with Crippen LogP contribution in [-0.2, 0) is 12.8 Å². The third kappa shape index (κ3) is 12.0. The molecule has 4 heteroatoms. The minimum atomic E-state index is 0.382. The summed E-state index contributed by atoms with van der Waals surface area (Å²) < 4.78 is 10.9. The standard InChI is InChI=1S/C62H50S2.C58H42S2/c1-7-37-19-15-17-25-41(37)47-29-55-60-52(32-54-50-28-44(36(5)6)46(34-58(50)63-61(54)55)40-23-13-10-14-24-40)48(42-26-18-16-20-38(42)8-2)30-56-59(60)51(47)31-53-49-27-43(35(3)4)45(33-57(49)64-62(53)56)39-21-11-9-12-22-39;1-31-21-33(3)53(34(4)22-31)43-29-49-56-46(28-48-42-20-18-40(26-52(42)59-57(48)49)38-15-11-8-12-16-38)44(54-35(5)23-32(2)24-36(54)6)30-50-55(56)45(43)27-47-41-19-17-39(25-51(41)60-58(47)50)37-13-9-7-10-14-37/h9-36H,7-8H2,1-6H3;7-30H,1-6H3. The average molecular weight is 1660 g/mol. The molecule has 0 spiro atoms. The van der Waals surface area contributed by atoms with Crippen molar-refractivity contribution in [3.63, 3.8) is 0 Å². The van der Waals surface area contributed by atoms with E-state index in [4.69, 9.17) is 0 Å². The van der Waals surface area contributed by atoms with E-state index in [1.165, 1.54) is 290 Å². The van der Waals surface area contributed by atoms with Crippen LogP contribution in [0.15, 0.2) is 303 Å². The van der Waals surface area contributed by atoms with Gasteiger partial charge in [0.05, 0.1) is 0 Å². The maximum Gasteiger partial charge on any atom is 0.0434 e. The Morgan fingerprint density at radius 1 is 0.210 bits per heavy atom. The van der Waals surface area contributed by atoms with E-state index >= 15 is 0 Å². The molecule has 596 valence electrons. The second-order valence-corrected chi connectivity index (χ2v) is 39.8. The van der Waals surface area contributed by atoms with E-state index in [1.54, 1.807) is 0 Å². The largest absolute Gasteiger partial charge is 0.135 e. The van der Waals surface area contributed by atoms with E-state index in [9.17, 15) is 0 Å². The Balaban J connectivity index is 0.000000144. The van der Waals surface area contributed by atoms with Crippen molar-refractivity contribution in [3.05, 3.63) is 359 Å². The summed E-state index contributed by atoms with van der Waals surface area (Å²) in [5.74, 6) is 0.765. The van der Waals surface area contributed by atoms with Gasteiger partial charge in [0.1, 0.15) is 0 Å². The van der Waals surface area contributed by atoms with Crippen LogP contribution in [-0.4, -0.2) is 0 Å². The minimum absolute atomic E-state index is 0.382. The lowest BCUT2D eigenvalue weighted by atomic mass is 9.81. The van der Waals surface area contributed by atoms with E-state index in [0.717, 1.165) is 12.8 Å². The van der Waals surface area contributed by atoms with E-state index in [-0.39, 0.29) is 0 Å². The predicted octanol–water partition coefficient (Wildman–Crippen LogP) is 37.2. The van der Waals surface area contributed by atoms with E-state index in [1.807, 2.05) is 45.3 Å². The van der Waals surface area contributed by atoms with Gasteiger partial charge in [-0.3, -0.25) is 0 Å². The molecule has 0 aliphatic heterocycles. The Morgan fingerprint density at radius 3 is 0.831 bits per heavy atom. The van der Waals surface area contributed by atoms with E-state index < -0.39 is 0 Å². The first-order valence-corrected chi connectivity index (χ1v) is 47.4. The van der Waals surface area contributed by atoms with Gasteiger partial charge in [-0.15, -0.1) is 45.3 Å². The second kappa shape index (κ2) is 29.5. The summed E-state index contributed by atoms with van der Waals surface area (Å²) in [6, 6.07) is 116. The molecular formula is C120H92S4. The van der Waals surface area contributed by atoms with Crippen molar-refractivity contribution < 1.29 is 0 Å². The first-order valence-electron chi connectivity index (χ1n) is 44.2. The number of rotatable bonds is 12. The molecule has 0 bridgehead atoms. The summed E-state index contributed by atoms with van der Waals surface area (Å²) in [7, 11) is 0. The van der Waals surface area contributed by atoms with Crippen LogP contribution >= 0.6 is 45.3 Å². The smallest absolute Gasteiger partial charge is 0.0434 e. The number of benzene rings is 20. The molecule has 24 rings (SSSR count). The molecule has 0 aliphatic carbocycles. The van der Waals surface area contributed by atoms with Crippen LogP contribution in [0.4, 0.5) is 0 Å². The van der Waals surface area contributed by atoms with Crippen molar-refractivity contribution in [2.75, 3.05) is 0 Å². The summed E-state index contributed by atoms with van der Waals surface area (Å²) in [4.78, 5) is 0. The van der Waals surface area contributed by atoms with Gasteiger partial charge in [-0.2, -0.15) is 0 Å². The molecule has 0 radical (unpaired) electrons. The van der Waals surface area contributed by atoms with E-state index in [2.05, 4.69) is 386 Å². The van der Waals surface area contributed by atoms with Crippen molar-refractivity contribution >= 4 is 191 Å². The Labute approximate surface area is 740 Å². The summed E-state index contributed by atoms with van der Waals surface area (Å²) in [5, 5.41) is 27.2. The molecule has 4 aromatic heterocycles. The molecule has 20 aromatic carbocycles. The van der Waals surface area contributed by atoms with Crippen LogP contribution in [0.25, 0.3) is 234 Å².